The molecule has 1 saturated heterocycles. The lowest BCUT2D eigenvalue weighted by Gasteiger charge is -2.24. The van der Waals surface area contributed by atoms with Crippen LogP contribution in [-0.2, 0) is 0 Å². The smallest absolute Gasteiger partial charge is 0.254 e. The average Bonchev–Trinajstić information content (AvgIpc) is 3.16. The van der Waals surface area contributed by atoms with E-state index in [4.69, 9.17) is 5.26 Å². The molecule has 0 N–H and O–H groups in total. The lowest BCUT2D eigenvalue weighted by molar-refractivity contribution is 0.0738. The summed E-state index contributed by atoms with van der Waals surface area (Å²) in [5.41, 5.74) is 1.13. The van der Waals surface area contributed by atoms with E-state index in [1.54, 1.807) is 35.6 Å². The van der Waals surface area contributed by atoms with E-state index in [2.05, 4.69) is 12.1 Å². The van der Waals surface area contributed by atoms with Crippen molar-refractivity contribution in [2.24, 2.45) is 0 Å². The average molecular weight is 282 g/mol. The van der Waals surface area contributed by atoms with Gasteiger partial charge in [-0.15, -0.1) is 11.3 Å². The van der Waals surface area contributed by atoms with Gasteiger partial charge in [0, 0.05) is 17.0 Å². The number of rotatable bonds is 2. The third kappa shape index (κ3) is 2.33. The molecule has 1 amide bonds. The predicted molar refractivity (Wildman–Crippen MR) is 78.5 cm³/mol. The number of hydrogen-bond acceptors (Lipinski definition) is 3. The summed E-state index contributed by atoms with van der Waals surface area (Å²) in [6.45, 7) is 0.790. The number of thiophene rings is 1. The minimum atomic E-state index is 0.0259. The number of hydrogen-bond donors (Lipinski definition) is 0. The highest BCUT2D eigenvalue weighted by atomic mass is 32.1. The van der Waals surface area contributed by atoms with E-state index in [1.807, 2.05) is 16.3 Å². The Morgan fingerprint density at radius 1 is 1.35 bits per heavy atom. The summed E-state index contributed by atoms with van der Waals surface area (Å²) in [5.74, 6) is 0.0259. The van der Waals surface area contributed by atoms with E-state index in [9.17, 15) is 4.79 Å². The second-order valence-electron chi connectivity index (χ2n) is 4.86. The predicted octanol–water partition coefficient (Wildman–Crippen LogP) is 3.60. The van der Waals surface area contributed by atoms with Crippen LogP contribution in [0.25, 0.3) is 0 Å². The normalized spacial score (nSPS) is 17.9. The minimum Gasteiger partial charge on any atom is -0.331 e. The van der Waals surface area contributed by atoms with E-state index in [1.165, 1.54) is 4.88 Å². The molecule has 0 spiro atoms. The lowest BCUT2D eigenvalue weighted by Crippen LogP contribution is -2.30. The van der Waals surface area contributed by atoms with Gasteiger partial charge in [0.25, 0.3) is 5.91 Å². The van der Waals surface area contributed by atoms with Crippen molar-refractivity contribution >= 4 is 17.2 Å². The molecule has 1 aromatic carbocycles. The van der Waals surface area contributed by atoms with Gasteiger partial charge in [-0.05, 0) is 42.5 Å². The summed E-state index contributed by atoms with van der Waals surface area (Å²) in [7, 11) is 0. The summed E-state index contributed by atoms with van der Waals surface area (Å²) < 4.78 is 0. The number of benzene rings is 1. The Hall–Kier alpha value is -2.12. The first kappa shape index (κ1) is 12.9. The topological polar surface area (TPSA) is 44.1 Å². The van der Waals surface area contributed by atoms with Crippen molar-refractivity contribution in [3.05, 3.63) is 57.8 Å². The fourth-order valence-electron chi connectivity index (χ4n) is 2.67. The first-order valence-corrected chi connectivity index (χ1v) is 7.52. The second kappa shape index (κ2) is 5.48. The highest BCUT2D eigenvalue weighted by molar-refractivity contribution is 7.10. The van der Waals surface area contributed by atoms with Crippen LogP contribution in [-0.4, -0.2) is 17.4 Å². The first-order valence-electron chi connectivity index (χ1n) is 6.64. The Labute approximate surface area is 122 Å². The van der Waals surface area contributed by atoms with Gasteiger partial charge >= 0.3 is 0 Å². The number of carbonyl (C=O) groups excluding carboxylic acids is 1. The Morgan fingerprint density at radius 3 is 3.00 bits per heavy atom. The molecule has 20 heavy (non-hydrogen) atoms. The fourth-order valence-corrected chi connectivity index (χ4v) is 3.55. The SMILES string of the molecule is N#Cc1cccc(C(=O)N2CCCC2c2cccs2)c1. The summed E-state index contributed by atoms with van der Waals surface area (Å²) in [6.07, 6.45) is 2.05. The zero-order chi connectivity index (χ0) is 13.9. The number of nitriles is 1. The van der Waals surface area contributed by atoms with Crippen LogP contribution >= 0.6 is 11.3 Å². The first-order chi connectivity index (χ1) is 9.79. The number of amides is 1. The van der Waals surface area contributed by atoms with Crippen LogP contribution in [0, 0.1) is 11.3 Å². The van der Waals surface area contributed by atoms with Gasteiger partial charge < -0.3 is 4.90 Å². The standard InChI is InChI=1S/C16H14N2OS/c17-11-12-4-1-5-13(10-12)16(19)18-8-2-6-14(18)15-7-3-9-20-15/h1,3-5,7,9-10,14H,2,6,8H2. The molecule has 2 aromatic rings. The molecule has 0 saturated carbocycles. The number of nitrogens with zero attached hydrogens (tertiary/aromatic N) is 2. The van der Waals surface area contributed by atoms with Gasteiger partial charge in [-0.25, -0.2) is 0 Å². The summed E-state index contributed by atoms with van der Waals surface area (Å²) in [4.78, 5) is 15.8. The van der Waals surface area contributed by atoms with Gasteiger partial charge in [0.15, 0.2) is 0 Å². The molecule has 100 valence electrons. The molecule has 0 aliphatic carbocycles. The molecule has 1 aliphatic rings. The van der Waals surface area contributed by atoms with E-state index < -0.39 is 0 Å². The van der Waals surface area contributed by atoms with Crippen molar-refractivity contribution in [2.75, 3.05) is 6.54 Å². The number of likely N-dealkylation sites (tertiary alicyclic amines) is 1. The monoisotopic (exact) mass is 282 g/mol. The molecular formula is C16H14N2OS. The van der Waals surface area contributed by atoms with Gasteiger partial charge in [0.2, 0.25) is 0 Å². The molecule has 1 atom stereocenters. The Morgan fingerprint density at radius 2 is 2.25 bits per heavy atom. The van der Waals surface area contributed by atoms with Gasteiger partial charge in [-0.3, -0.25) is 4.79 Å². The van der Waals surface area contributed by atoms with E-state index in [-0.39, 0.29) is 11.9 Å². The van der Waals surface area contributed by atoms with Crippen molar-refractivity contribution in [3.8, 4) is 6.07 Å². The third-order valence-corrected chi connectivity index (χ3v) is 4.60. The van der Waals surface area contributed by atoms with E-state index >= 15 is 0 Å². The van der Waals surface area contributed by atoms with Crippen molar-refractivity contribution in [2.45, 2.75) is 18.9 Å². The molecule has 3 nitrogen and oxygen atoms in total. The molecule has 1 unspecified atom stereocenters. The largest absolute Gasteiger partial charge is 0.331 e. The van der Waals surface area contributed by atoms with E-state index in [0.717, 1.165) is 19.4 Å². The maximum absolute atomic E-state index is 12.6. The maximum atomic E-state index is 12.6. The molecule has 3 rings (SSSR count). The second-order valence-corrected chi connectivity index (χ2v) is 5.84. The minimum absolute atomic E-state index is 0.0259. The molecule has 2 heterocycles. The van der Waals surface area contributed by atoms with Crippen molar-refractivity contribution in [1.82, 2.24) is 4.90 Å². The molecule has 1 aliphatic heterocycles. The van der Waals surface area contributed by atoms with Crippen LogP contribution in [0.4, 0.5) is 0 Å². The van der Waals surface area contributed by atoms with Crippen molar-refractivity contribution in [3.63, 3.8) is 0 Å². The molecule has 4 heteroatoms. The zero-order valence-corrected chi connectivity index (χ0v) is 11.8. The van der Waals surface area contributed by atoms with Crippen LogP contribution in [0.2, 0.25) is 0 Å². The van der Waals surface area contributed by atoms with Gasteiger partial charge in [-0.2, -0.15) is 5.26 Å². The third-order valence-electron chi connectivity index (χ3n) is 3.62. The Balaban J connectivity index is 1.88. The maximum Gasteiger partial charge on any atom is 0.254 e. The van der Waals surface area contributed by atoms with Crippen LogP contribution < -0.4 is 0 Å². The van der Waals surface area contributed by atoms with Crippen LogP contribution in [0.5, 0.6) is 0 Å². The fraction of sp³-hybridized carbons (Fsp3) is 0.250. The lowest BCUT2D eigenvalue weighted by atomic mass is 10.1. The van der Waals surface area contributed by atoms with Crippen molar-refractivity contribution in [1.29, 1.82) is 5.26 Å². The highest BCUT2D eigenvalue weighted by Crippen LogP contribution is 2.35. The van der Waals surface area contributed by atoms with Gasteiger partial charge in [-0.1, -0.05) is 12.1 Å². The summed E-state index contributed by atoms with van der Waals surface area (Å²) in [5, 5.41) is 11.0. The summed E-state index contributed by atoms with van der Waals surface area (Å²) >= 11 is 1.70. The highest BCUT2D eigenvalue weighted by Gasteiger charge is 2.31. The number of carbonyl (C=O) groups is 1. The Kier molecular flexibility index (Phi) is 3.53. The van der Waals surface area contributed by atoms with Crippen LogP contribution in [0.1, 0.15) is 39.7 Å². The summed E-state index contributed by atoms with van der Waals surface area (Å²) in [6, 6.07) is 13.3. The van der Waals surface area contributed by atoms with Crippen LogP contribution in [0.3, 0.4) is 0 Å². The molecule has 0 bridgehead atoms. The zero-order valence-electron chi connectivity index (χ0n) is 11.0. The van der Waals surface area contributed by atoms with E-state index in [0.29, 0.717) is 11.1 Å². The molecule has 1 fully saturated rings. The van der Waals surface area contributed by atoms with Crippen molar-refractivity contribution < 1.29 is 4.79 Å². The molecule has 0 radical (unpaired) electrons. The Bertz CT molecular complexity index is 657. The van der Waals surface area contributed by atoms with Gasteiger partial charge in [0.1, 0.15) is 0 Å². The molecule has 1 aromatic heterocycles. The van der Waals surface area contributed by atoms with Gasteiger partial charge in [0.05, 0.1) is 17.7 Å². The van der Waals surface area contributed by atoms with Crippen LogP contribution in [0.15, 0.2) is 41.8 Å². The molecular weight excluding hydrogens is 268 g/mol. The quantitative estimate of drug-likeness (QED) is 0.844.